The molecule has 1 aromatic carbocycles. The number of nitrogens with one attached hydrogen (secondary N) is 1. The lowest BCUT2D eigenvalue weighted by Crippen LogP contribution is -2.22. The zero-order valence-electron chi connectivity index (χ0n) is 14.4. The van der Waals surface area contributed by atoms with Crippen molar-refractivity contribution >= 4 is 23.2 Å². The summed E-state index contributed by atoms with van der Waals surface area (Å²) in [6.45, 7) is 3.83. The second-order valence-corrected chi connectivity index (χ2v) is 6.26. The molecule has 1 fully saturated rings. The summed E-state index contributed by atoms with van der Waals surface area (Å²) >= 11 is 0. The van der Waals surface area contributed by atoms with E-state index in [1.165, 1.54) is 12.8 Å². The molecule has 0 bridgehead atoms. The lowest BCUT2D eigenvalue weighted by atomic mass is 10.2. The Hall–Kier alpha value is -2.63. The summed E-state index contributed by atoms with van der Waals surface area (Å²) in [5.41, 5.74) is 3.06. The van der Waals surface area contributed by atoms with Crippen LogP contribution in [0.15, 0.2) is 30.5 Å². The number of anilines is 3. The Kier molecular flexibility index (Phi) is 4.64. The molecule has 24 heavy (non-hydrogen) atoms. The predicted octanol–water partition coefficient (Wildman–Crippen LogP) is 2.70. The second kappa shape index (κ2) is 6.86. The van der Waals surface area contributed by atoms with Gasteiger partial charge in [0.2, 0.25) is 5.95 Å². The van der Waals surface area contributed by atoms with Gasteiger partial charge in [-0.2, -0.15) is 0 Å². The van der Waals surface area contributed by atoms with E-state index in [4.69, 9.17) is 0 Å². The van der Waals surface area contributed by atoms with Gasteiger partial charge < -0.3 is 15.1 Å². The zero-order valence-corrected chi connectivity index (χ0v) is 14.4. The van der Waals surface area contributed by atoms with E-state index in [1.54, 1.807) is 6.20 Å². The number of aryl methyl sites for hydroxylation is 1. The fraction of sp³-hybridized carbons (Fsp3) is 0.389. The molecule has 0 radical (unpaired) electrons. The van der Waals surface area contributed by atoms with Gasteiger partial charge in [0.1, 0.15) is 0 Å². The van der Waals surface area contributed by atoms with E-state index >= 15 is 0 Å². The maximum absolute atomic E-state index is 12.5. The van der Waals surface area contributed by atoms with Crippen molar-refractivity contribution in [3.8, 4) is 0 Å². The smallest absolute Gasteiger partial charge is 0.259 e. The first-order chi connectivity index (χ1) is 11.5. The van der Waals surface area contributed by atoms with E-state index in [-0.39, 0.29) is 5.91 Å². The van der Waals surface area contributed by atoms with Gasteiger partial charge >= 0.3 is 0 Å². The maximum atomic E-state index is 12.5. The molecular weight excluding hydrogens is 302 g/mol. The summed E-state index contributed by atoms with van der Waals surface area (Å²) < 4.78 is 0. The number of nitrogens with zero attached hydrogens (tertiary/aromatic N) is 4. The second-order valence-electron chi connectivity index (χ2n) is 6.26. The van der Waals surface area contributed by atoms with Crippen molar-refractivity contribution in [3.63, 3.8) is 0 Å². The summed E-state index contributed by atoms with van der Waals surface area (Å²) in [5, 5.41) is 2.90. The van der Waals surface area contributed by atoms with E-state index in [0.717, 1.165) is 30.4 Å². The Labute approximate surface area is 142 Å². The summed E-state index contributed by atoms with van der Waals surface area (Å²) in [7, 11) is 3.96. The standard InChI is InChI=1S/C18H23N5O/c1-13-16(12-19-18(20-13)23-10-4-5-11-23)17(24)21-14-6-8-15(9-7-14)22(2)3/h6-9,12H,4-5,10-11H2,1-3H3,(H,21,24). The highest BCUT2D eigenvalue weighted by Crippen LogP contribution is 2.19. The van der Waals surface area contributed by atoms with Gasteiger partial charge in [0, 0.05) is 44.8 Å². The fourth-order valence-corrected chi connectivity index (χ4v) is 2.79. The van der Waals surface area contributed by atoms with E-state index in [9.17, 15) is 4.79 Å². The number of carbonyl (C=O) groups is 1. The van der Waals surface area contributed by atoms with E-state index in [2.05, 4.69) is 20.2 Å². The highest BCUT2D eigenvalue weighted by atomic mass is 16.1. The lowest BCUT2D eigenvalue weighted by Gasteiger charge is -2.16. The van der Waals surface area contributed by atoms with Crippen LogP contribution in [0.2, 0.25) is 0 Å². The maximum Gasteiger partial charge on any atom is 0.259 e. The molecule has 2 heterocycles. The minimum absolute atomic E-state index is 0.182. The van der Waals surface area contributed by atoms with E-state index in [0.29, 0.717) is 11.3 Å². The van der Waals surface area contributed by atoms with Crippen molar-refractivity contribution in [2.24, 2.45) is 0 Å². The summed E-state index contributed by atoms with van der Waals surface area (Å²) in [6, 6.07) is 7.72. The van der Waals surface area contributed by atoms with Crippen LogP contribution in [-0.2, 0) is 0 Å². The number of hydrogen-bond donors (Lipinski definition) is 1. The number of benzene rings is 1. The van der Waals surface area contributed by atoms with Crippen LogP contribution in [0.4, 0.5) is 17.3 Å². The van der Waals surface area contributed by atoms with Crippen molar-refractivity contribution in [1.29, 1.82) is 0 Å². The van der Waals surface area contributed by atoms with Gasteiger partial charge in [-0.05, 0) is 44.0 Å². The topological polar surface area (TPSA) is 61.4 Å². The van der Waals surface area contributed by atoms with Gasteiger partial charge in [0.25, 0.3) is 5.91 Å². The number of carbonyl (C=O) groups excluding carboxylic acids is 1. The van der Waals surface area contributed by atoms with Crippen LogP contribution in [0.3, 0.4) is 0 Å². The number of amides is 1. The van der Waals surface area contributed by atoms with Crippen LogP contribution >= 0.6 is 0 Å². The van der Waals surface area contributed by atoms with Crippen LogP contribution in [-0.4, -0.2) is 43.1 Å². The quantitative estimate of drug-likeness (QED) is 0.936. The van der Waals surface area contributed by atoms with Gasteiger partial charge in [-0.3, -0.25) is 4.79 Å². The summed E-state index contributed by atoms with van der Waals surface area (Å²) in [6.07, 6.45) is 3.97. The first-order valence-electron chi connectivity index (χ1n) is 8.22. The molecule has 2 aromatic rings. The monoisotopic (exact) mass is 325 g/mol. The molecule has 1 aromatic heterocycles. The Morgan fingerprint density at radius 2 is 1.83 bits per heavy atom. The molecule has 1 aliphatic rings. The Bertz CT molecular complexity index is 721. The molecule has 0 unspecified atom stereocenters. The van der Waals surface area contributed by atoms with Crippen molar-refractivity contribution in [1.82, 2.24) is 9.97 Å². The average Bonchev–Trinajstić information content (AvgIpc) is 3.09. The molecular formula is C18H23N5O. The van der Waals surface area contributed by atoms with Crippen LogP contribution in [0.1, 0.15) is 28.9 Å². The minimum atomic E-state index is -0.182. The van der Waals surface area contributed by atoms with Crippen molar-refractivity contribution in [2.45, 2.75) is 19.8 Å². The van der Waals surface area contributed by atoms with Gasteiger partial charge in [0.15, 0.2) is 0 Å². The number of hydrogen-bond acceptors (Lipinski definition) is 5. The highest BCUT2D eigenvalue weighted by Gasteiger charge is 2.18. The number of aromatic nitrogens is 2. The van der Waals surface area contributed by atoms with Crippen LogP contribution in [0.25, 0.3) is 0 Å². The molecule has 0 spiro atoms. The Morgan fingerprint density at radius 1 is 1.17 bits per heavy atom. The summed E-state index contributed by atoms with van der Waals surface area (Å²) in [5.74, 6) is 0.537. The van der Waals surface area contributed by atoms with Gasteiger partial charge in [0.05, 0.1) is 11.3 Å². The van der Waals surface area contributed by atoms with Crippen LogP contribution in [0, 0.1) is 6.92 Å². The van der Waals surface area contributed by atoms with Crippen LogP contribution < -0.4 is 15.1 Å². The van der Waals surface area contributed by atoms with Crippen molar-refractivity contribution in [3.05, 3.63) is 41.7 Å². The third-order valence-corrected chi connectivity index (χ3v) is 4.24. The third-order valence-electron chi connectivity index (χ3n) is 4.24. The summed E-state index contributed by atoms with van der Waals surface area (Å²) in [4.78, 5) is 25.5. The van der Waals surface area contributed by atoms with Gasteiger partial charge in [-0.25, -0.2) is 9.97 Å². The normalized spacial score (nSPS) is 13.9. The SMILES string of the molecule is Cc1nc(N2CCCC2)ncc1C(=O)Nc1ccc(N(C)C)cc1. The van der Waals surface area contributed by atoms with Gasteiger partial charge in [-0.15, -0.1) is 0 Å². The largest absolute Gasteiger partial charge is 0.378 e. The third kappa shape index (κ3) is 3.48. The molecule has 6 nitrogen and oxygen atoms in total. The van der Waals surface area contributed by atoms with Gasteiger partial charge in [-0.1, -0.05) is 0 Å². The predicted molar refractivity (Wildman–Crippen MR) is 96.9 cm³/mol. The van der Waals surface area contributed by atoms with E-state index < -0.39 is 0 Å². The highest BCUT2D eigenvalue weighted by molar-refractivity contribution is 6.04. The first kappa shape index (κ1) is 16.2. The fourth-order valence-electron chi connectivity index (χ4n) is 2.79. The molecule has 1 N–H and O–H groups in total. The number of rotatable bonds is 4. The van der Waals surface area contributed by atoms with E-state index in [1.807, 2.05) is 50.2 Å². The molecule has 1 aliphatic heterocycles. The molecule has 126 valence electrons. The molecule has 0 saturated carbocycles. The zero-order chi connectivity index (χ0) is 17.1. The first-order valence-corrected chi connectivity index (χ1v) is 8.22. The molecule has 1 amide bonds. The Balaban J connectivity index is 1.72. The molecule has 3 rings (SSSR count). The average molecular weight is 325 g/mol. The van der Waals surface area contributed by atoms with Crippen LogP contribution in [0.5, 0.6) is 0 Å². The molecule has 6 heteroatoms. The lowest BCUT2D eigenvalue weighted by molar-refractivity contribution is 0.102. The molecule has 0 atom stereocenters. The van der Waals surface area contributed by atoms with Crippen molar-refractivity contribution in [2.75, 3.05) is 42.3 Å². The van der Waals surface area contributed by atoms with Crippen molar-refractivity contribution < 1.29 is 4.79 Å². The Morgan fingerprint density at radius 3 is 2.42 bits per heavy atom. The minimum Gasteiger partial charge on any atom is -0.378 e. The molecule has 1 saturated heterocycles. The molecule has 0 aliphatic carbocycles.